The Morgan fingerprint density at radius 1 is 1.26 bits per heavy atom. The number of nitrogens with one attached hydrogen (secondary N) is 2. The van der Waals surface area contributed by atoms with E-state index < -0.39 is 11.7 Å². The molecule has 3 rings (SSSR count). The predicted molar refractivity (Wildman–Crippen MR) is 140 cm³/mol. The Kier molecular flexibility index (Phi) is 11.1. The third-order valence-corrected chi connectivity index (χ3v) is 8.13. The lowest BCUT2D eigenvalue weighted by molar-refractivity contribution is -0.0566. The van der Waals surface area contributed by atoms with Crippen molar-refractivity contribution in [1.29, 1.82) is 0 Å². The quantitative estimate of drug-likeness (QED) is 0.320. The van der Waals surface area contributed by atoms with Gasteiger partial charge in [-0.05, 0) is 75.6 Å². The van der Waals surface area contributed by atoms with Crippen LogP contribution in [0.1, 0.15) is 63.4 Å². The first-order valence-corrected chi connectivity index (χ1v) is 13.6. The summed E-state index contributed by atoms with van der Waals surface area (Å²) >= 11 is 6.29. The first-order valence-electron chi connectivity index (χ1n) is 13.2. The van der Waals surface area contributed by atoms with E-state index in [2.05, 4.69) is 10.6 Å². The lowest BCUT2D eigenvalue weighted by Gasteiger charge is -2.43. The van der Waals surface area contributed by atoms with Crippen LogP contribution >= 0.6 is 11.6 Å². The number of rotatable bonds is 12. The van der Waals surface area contributed by atoms with Gasteiger partial charge in [0.1, 0.15) is 0 Å². The summed E-state index contributed by atoms with van der Waals surface area (Å²) in [7, 11) is 3.53. The summed E-state index contributed by atoms with van der Waals surface area (Å²) in [4.78, 5) is 15.1. The molecule has 7 nitrogen and oxygen atoms in total. The van der Waals surface area contributed by atoms with Gasteiger partial charge < -0.3 is 30.5 Å². The van der Waals surface area contributed by atoms with Crippen LogP contribution in [0.15, 0.2) is 24.3 Å². The Morgan fingerprint density at radius 3 is 2.71 bits per heavy atom. The number of carbonyl (C=O) groups is 1. The molecule has 198 valence electrons. The number of unbranched alkanes of at least 4 members (excludes halogenated alkanes) is 1. The summed E-state index contributed by atoms with van der Waals surface area (Å²) in [5, 5.41) is 29.8. The molecule has 1 aromatic rings. The summed E-state index contributed by atoms with van der Waals surface area (Å²) < 4.78 is 5.20. The maximum absolute atomic E-state index is 13.3. The standard InChI is InChI=1S/C27H44ClN3O4/c1-29-18-24(25(32)20-9-3-4-10-20)30-26(33)31-15-8-12-22(19-31)27(34,14-5-6-16-35-2)21-11-7-13-23(28)17-21/h7,11,13,17,20,22,24-25,29,32,34H,3-6,8-10,12,14-16,18-19H2,1-2H3,(H,30,33)/t22-,24-,25-,27-/m1/s1. The molecule has 0 aromatic heterocycles. The number of likely N-dealkylation sites (N-methyl/N-ethyl adjacent to an activating group) is 1. The zero-order valence-electron chi connectivity index (χ0n) is 21.3. The van der Waals surface area contributed by atoms with Crippen molar-refractivity contribution in [2.24, 2.45) is 11.8 Å². The van der Waals surface area contributed by atoms with Gasteiger partial charge in [-0.25, -0.2) is 4.79 Å². The van der Waals surface area contributed by atoms with Crippen LogP contribution in [0.2, 0.25) is 5.02 Å². The molecule has 0 radical (unpaired) electrons. The topological polar surface area (TPSA) is 94.1 Å². The molecule has 4 N–H and O–H groups in total. The first-order chi connectivity index (χ1) is 16.9. The van der Waals surface area contributed by atoms with Crippen molar-refractivity contribution in [2.75, 3.05) is 40.4 Å². The highest BCUT2D eigenvalue weighted by Crippen LogP contribution is 2.40. The fraction of sp³-hybridized carbons (Fsp3) is 0.741. The third kappa shape index (κ3) is 7.56. The van der Waals surface area contributed by atoms with Crippen LogP contribution in [-0.2, 0) is 10.3 Å². The van der Waals surface area contributed by atoms with E-state index in [4.69, 9.17) is 16.3 Å². The molecule has 4 atom stereocenters. The van der Waals surface area contributed by atoms with Crippen molar-refractivity contribution in [1.82, 2.24) is 15.5 Å². The fourth-order valence-electron chi connectivity index (χ4n) is 5.89. The summed E-state index contributed by atoms with van der Waals surface area (Å²) in [6, 6.07) is 6.96. The Balaban J connectivity index is 1.71. The molecule has 0 unspecified atom stereocenters. The lowest BCUT2D eigenvalue weighted by Crippen LogP contribution is -2.57. The number of urea groups is 1. The average molecular weight is 510 g/mol. The normalized spacial score (nSPS) is 22.5. The number of aliphatic hydroxyl groups excluding tert-OH is 1. The summed E-state index contributed by atoms with van der Waals surface area (Å²) in [6.45, 7) is 2.28. The molecule has 35 heavy (non-hydrogen) atoms. The second-order valence-electron chi connectivity index (χ2n) is 10.3. The second-order valence-corrected chi connectivity index (χ2v) is 10.8. The Labute approximate surface area is 215 Å². The van der Waals surface area contributed by atoms with E-state index in [1.807, 2.05) is 36.2 Å². The number of aliphatic hydroxyl groups is 2. The number of halogens is 1. The second kappa shape index (κ2) is 13.8. The van der Waals surface area contributed by atoms with Crippen molar-refractivity contribution in [3.8, 4) is 0 Å². The number of ether oxygens (including phenoxy) is 1. The van der Waals surface area contributed by atoms with E-state index in [0.29, 0.717) is 37.7 Å². The molecule has 2 amide bonds. The number of hydrogen-bond donors (Lipinski definition) is 4. The van der Waals surface area contributed by atoms with Crippen molar-refractivity contribution in [2.45, 2.75) is 75.5 Å². The molecule has 8 heteroatoms. The molecular weight excluding hydrogens is 466 g/mol. The van der Waals surface area contributed by atoms with Gasteiger partial charge in [-0.2, -0.15) is 0 Å². The van der Waals surface area contributed by atoms with Gasteiger partial charge >= 0.3 is 6.03 Å². The minimum Gasteiger partial charge on any atom is -0.391 e. The molecule has 1 aliphatic carbocycles. The SMILES string of the molecule is CNC[C@@H](NC(=O)N1CCC[C@@H]([C@@](O)(CCCCOC)c2cccc(Cl)c2)C1)[C@H](O)C1CCCC1. The monoisotopic (exact) mass is 509 g/mol. The van der Waals surface area contributed by atoms with Crippen molar-refractivity contribution in [3.05, 3.63) is 34.9 Å². The van der Waals surface area contributed by atoms with Gasteiger partial charge in [0.25, 0.3) is 0 Å². The van der Waals surface area contributed by atoms with Gasteiger partial charge in [-0.3, -0.25) is 0 Å². The molecule has 1 saturated carbocycles. The molecule has 0 spiro atoms. The van der Waals surface area contributed by atoms with Crippen LogP contribution < -0.4 is 10.6 Å². The number of methoxy groups -OCH3 is 1. The van der Waals surface area contributed by atoms with E-state index >= 15 is 0 Å². The number of hydrogen-bond acceptors (Lipinski definition) is 5. The minimum absolute atomic E-state index is 0.106. The van der Waals surface area contributed by atoms with Crippen LogP contribution in [0.5, 0.6) is 0 Å². The number of likely N-dealkylation sites (tertiary alicyclic amines) is 1. The van der Waals surface area contributed by atoms with Crippen molar-refractivity contribution < 1.29 is 19.7 Å². The molecule has 1 aromatic carbocycles. The average Bonchev–Trinajstić information content (AvgIpc) is 3.41. The molecule has 2 aliphatic rings. The van der Waals surface area contributed by atoms with Gasteiger partial charge in [0.15, 0.2) is 0 Å². The Hall–Kier alpha value is -1.38. The Morgan fingerprint density at radius 2 is 2.03 bits per heavy atom. The van der Waals surface area contributed by atoms with Gasteiger partial charge in [0.2, 0.25) is 0 Å². The van der Waals surface area contributed by atoms with E-state index in [1.54, 1.807) is 7.11 Å². The zero-order valence-corrected chi connectivity index (χ0v) is 22.1. The fourth-order valence-corrected chi connectivity index (χ4v) is 6.08. The van der Waals surface area contributed by atoms with Crippen LogP contribution in [0, 0.1) is 11.8 Å². The first kappa shape index (κ1) is 28.2. The predicted octanol–water partition coefficient (Wildman–Crippen LogP) is 3.91. The maximum Gasteiger partial charge on any atom is 0.317 e. The molecule has 1 aliphatic heterocycles. The number of nitrogens with zero attached hydrogens (tertiary/aromatic N) is 1. The largest absolute Gasteiger partial charge is 0.391 e. The zero-order chi connectivity index (χ0) is 25.3. The third-order valence-electron chi connectivity index (χ3n) is 7.89. The van der Waals surface area contributed by atoms with Gasteiger partial charge in [0.05, 0.1) is 17.7 Å². The van der Waals surface area contributed by atoms with Crippen LogP contribution in [0.4, 0.5) is 4.79 Å². The number of benzene rings is 1. The molecule has 2 fully saturated rings. The molecule has 1 saturated heterocycles. The van der Waals surface area contributed by atoms with Gasteiger partial charge in [-0.15, -0.1) is 0 Å². The van der Waals surface area contributed by atoms with Crippen LogP contribution in [0.25, 0.3) is 0 Å². The van der Waals surface area contributed by atoms with E-state index in [9.17, 15) is 15.0 Å². The van der Waals surface area contributed by atoms with Crippen LogP contribution in [0.3, 0.4) is 0 Å². The van der Waals surface area contributed by atoms with Gasteiger partial charge in [0, 0.05) is 44.3 Å². The van der Waals surface area contributed by atoms with Crippen molar-refractivity contribution in [3.63, 3.8) is 0 Å². The minimum atomic E-state index is -1.08. The van der Waals surface area contributed by atoms with Gasteiger partial charge in [-0.1, -0.05) is 36.6 Å². The van der Waals surface area contributed by atoms with Crippen LogP contribution in [-0.4, -0.2) is 73.7 Å². The maximum atomic E-state index is 13.3. The van der Waals surface area contributed by atoms with Crippen molar-refractivity contribution >= 4 is 17.6 Å². The molecule has 1 heterocycles. The van der Waals surface area contributed by atoms with E-state index in [1.165, 1.54) is 0 Å². The summed E-state index contributed by atoms with van der Waals surface area (Å²) in [5.74, 6) is 0.133. The molecular formula is C27H44ClN3O4. The highest BCUT2D eigenvalue weighted by atomic mass is 35.5. The number of amides is 2. The number of carbonyl (C=O) groups excluding carboxylic acids is 1. The van der Waals surface area contributed by atoms with E-state index in [0.717, 1.165) is 56.9 Å². The summed E-state index contributed by atoms with van der Waals surface area (Å²) in [5.41, 5.74) is -0.273. The highest BCUT2D eigenvalue weighted by molar-refractivity contribution is 6.30. The smallest absolute Gasteiger partial charge is 0.317 e. The van der Waals surface area contributed by atoms with E-state index in [-0.39, 0.29) is 23.9 Å². The highest BCUT2D eigenvalue weighted by Gasteiger charge is 2.42. The number of piperidine rings is 1. The summed E-state index contributed by atoms with van der Waals surface area (Å²) in [6.07, 6.45) is 7.67. The Bertz CT molecular complexity index is 791. The molecule has 0 bridgehead atoms. The lowest BCUT2D eigenvalue weighted by atomic mass is 9.74.